The predicted molar refractivity (Wildman–Crippen MR) is 82.0 cm³/mol. The number of hydrogen-bond acceptors (Lipinski definition) is 4. The average Bonchev–Trinajstić information content (AvgIpc) is 2.76. The molecular formula is C14H14F3NO2S2. The van der Waals surface area contributed by atoms with Crippen LogP contribution in [-0.2, 0) is 9.59 Å². The zero-order valence-electron chi connectivity index (χ0n) is 11.7. The highest BCUT2D eigenvalue weighted by atomic mass is 32.2. The normalized spacial score (nSPS) is 18.8. The lowest BCUT2D eigenvalue weighted by atomic mass is 10.1. The predicted octanol–water partition coefficient (Wildman–Crippen LogP) is 3.93. The first-order chi connectivity index (χ1) is 10.3. The van der Waals surface area contributed by atoms with Gasteiger partial charge in [0.1, 0.15) is 0 Å². The molecule has 0 saturated carbocycles. The molecular weight excluding hydrogens is 335 g/mol. The molecule has 0 spiro atoms. The van der Waals surface area contributed by atoms with E-state index in [4.69, 9.17) is 0 Å². The molecule has 120 valence electrons. The average molecular weight is 349 g/mol. The molecule has 1 fully saturated rings. The van der Waals surface area contributed by atoms with E-state index >= 15 is 0 Å². The molecule has 3 nitrogen and oxygen atoms in total. The van der Waals surface area contributed by atoms with E-state index in [-0.39, 0.29) is 45.7 Å². The maximum absolute atomic E-state index is 12.6. The molecule has 1 aliphatic rings. The molecule has 1 atom stereocenters. The number of benzene rings is 1. The van der Waals surface area contributed by atoms with Gasteiger partial charge in [-0.25, -0.2) is 0 Å². The molecule has 8 heteroatoms. The minimum Gasteiger partial charge on any atom is -0.311 e. The van der Waals surface area contributed by atoms with Gasteiger partial charge in [-0.3, -0.25) is 9.59 Å². The number of carbonyl (C=O) groups excluding carboxylic acids is 2. The van der Waals surface area contributed by atoms with Crippen LogP contribution in [0.3, 0.4) is 0 Å². The molecule has 0 aliphatic carbocycles. The van der Waals surface area contributed by atoms with Gasteiger partial charge in [-0.15, -0.1) is 0 Å². The second-order valence-electron chi connectivity index (χ2n) is 4.89. The van der Waals surface area contributed by atoms with Gasteiger partial charge in [0.05, 0.1) is 5.69 Å². The van der Waals surface area contributed by atoms with E-state index in [1.165, 1.54) is 30.0 Å². The Hall–Kier alpha value is -1.15. The van der Waals surface area contributed by atoms with Gasteiger partial charge in [-0.2, -0.15) is 13.2 Å². The Bertz CT molecular complexity index is 577. The quantitative estimate of drug-likeness (QED) is 0.772. The van der Waals surface area contributed by atoms with Gasteiger partial charge in [-0.1, -0.05) is 23.9 Å². The largest absolute Gasteiger partial charge is 0.446 e. The highest BCUT2D eigenvalue weighted by Crippen LogP contribution is 2.42. The molecule has 0 radical (unpaired) electrons. The monoisotopic (exact) mass is 349 g/mol. The molecule has 1 heterocycles. The summed E-state index contributed by atoms with van der Waals surface area (Å²) in [4.78, 5) is 24.5. The number of halogens is 3. The van der Waals surface area contributed by atoms with Crippen LogP contribution in [0.4, 0.5) is 18.9 Å². The fraction of sp³-hybridized carbons (Fsp3) is 0.429. The third kappa shape index (κ3) is 4.67. The second kappa shape index (κ2) is 6.95. The van der Waals surface area contributed by atoms with Crippen molar-refractivity contribution in [3.63, 3.8) is 0 Å². The Morgan fingerprint density at radius 1 is 1.36 bits per heavy atom. The zero-order chi connectivity index (χ0) is 16.3. The SMILES string of the molecule is CC(=O)SCC1CC(=O)N(c2ccccc2SC(F)(F)F)C1. The van der Waals surface area contributed by atoms with Crippen molar-refractivity contribution in [2.75, 3.05) is 17.2 Å². The minimum absolute atomic E-state index is 0.0169. The fourth-order valence-electron chi connectivity index (χ4n) is 2.25. The molecule has 1 aromatic rings. The van der Waals surface area contributed by atoms with Crippen LogP contribution < -0.4 is 4.90 Å². The summed E-state index contributed by atoms with van der Waals surface area (Å²) in [6, 6.07) is 6.01. The Kier molecular flexibility index (Phi) is 5.44. The van der Waals surface area contributed by atoms with E-state index in [0.717, 1.165) is 11.8 Å². The Labute approximate surface area is 134 Å². The summed E-state index contributed by atoms with van der Waals surface area (Å²) in [5.41, 5.74) is -4.12. The number of alkyl halides is 3. The van der Waals surface area contributed by atoms with E-state index in [0.29, 0.717) is 12.3 Å². The maximum Gasteiger partial charge on any atom is 0.446 e. The number of anilines is 1. The summed E-state index contributed by atoms with van der Waals surface area (Å²) in [6.07, 6.45) is 0.255. The van der Waals surface area contributed by atoms with Crippen molar-refractivity contribution < 1.29 is 22.8 Å². The molecule has 2 rings (SSSR count). The van der Waals surface area contributed by atoms with Gasteiger partial charge in [0, 0.05) is 30.5 Å². The standard InChI is InChI=1S/C14H14F3NO2S2/c1-9(19)21-8-10-6-13(20)18(7-10)11-4-2-3-5-12(11)22-14(15,16)17/h2-5,10H,6-8H2,1H3. The third-order valence-corrected chi connectivity index (χ3v) is 4.95. The van der Waals surface area contributed by atoms with E-state index in [1.807, 2.05) is 0 Å². The molecule has 0 N–H and O–H groups in total. The Morgan fingerprint density at radius 3 is 2.68 bits per heavy atom. The number of amides is 1. The van der Waals surface area contributed by atoms with Gasteiger partial charge in [0.15, 0.2) is 5.12 Å². The van der Waals surface area contributed by atoms with Gasteiger partial charge >= 0.3 is 5.51 Å². The van der Waals surface area contributed by atoms with Crippen LogP contribution in [-0.4, -0.2) is 28.8 Å². The van der Waals surface area contributed by atoms with Crippen molar-refractivity contribution >= 4 is 40.2 Å². The summed E-state index contributed by atoms with van der Waals surface area (Å²) >= 11 is 0.922. The minimum atomic E-state index is -4.40. The van der Waals surface area contributed by atoms with Crippen molar-refractivity contribution in [2.45, 2.75) is 23.7 Å². The van der Waals surface area contributed by atoms with Crippen molar-refractivity contribution in [1.82, 2.24) is 0 Å². The van der Waals surface area contributed by atoms with Gasteiger partial charge < -0.3 is 4.90 Å². The molecule has 1 amide bonds. The highest BCUT2D eigenvalue weighted by Gasteiger charge is 2.35. The summed E-state index contributed by atoms with van der Waals surface area (Å²) in [5.74, 6) is 0.279. The lowest BCUT2D eigenvalue weighted by Crippen LogP contribution is -2.25. The van der Waals surface area contributed by atoms with Gasteiger partial charge in [-0.05, 0) is 29.8 Å². The number of para-hydroxylation sites is 1. The third-order valence-electron chi connectivity index (χ3n) is 3.11. The first kappa shape index (κ1) is 17.2. The van der Waals surface area contributed by atoms with Crippen LogP contribution in [0.5, 0.6) is 0 Å². The summed E-state index contributed by atoms with van der Waals surface area (Å²) in [7, 11) is 0. The van der Waals surface area contributed by atoms with Crippen molar-refractivity contribution in [3.8, 4) is 0 Å². The molecule has 0 bridgehead atoms. The fourth-order valence-corrected chi connectivity index (χ4v) is 3.62. The lowest BCUT2D eigenvalue weighted by Gasteiger charge is -2.20. The Balaban J connectivity index is 2.15. The number of rotatable bonds is 4. The van der Waals surface area contributed by atoms with Crippen molar-refractivity contribution in [2.24, 2.45) is 5.92 Å². The summed E-state index contributed by atoms with van der Waals surface area (Å²) in [6.45, 7) is 1.79. The first-order valence-electron chi connectivity index (χ1n) is 6.55. The van der Waals surface area contributed by atoms with Crippen molar-refractivity contribution in [3.05, 3.63) is 24.3 Å². The summed E-state index contributed by atoms with van der Waals surface area (Å²) in [5, 5.41) is -0.0288. The topological polar surface area (TPSA) is 37.4 Å². The lowest BCUT2D eigenvalue weighted by molar-refractivity contribution is -0.117. The van der Waals surface area contributed by atoms with Crippen molar-refractivity contribution in [1.29, 1.82) is 0 Å². The number of hydrogen-bond donors (Lipinski definition) is 0. The van der Waals surface area contributed by atoms with Crippen LogP contribution in [0.2, 0.25) is 0 Å². The van der Waals surface area contributed by atoms with Crippen LogP contribution in [0, 0.1) is 5.92 Å². The zero-order valence-corrected chi connectivity index (χ0v) is 13.4. The van der Waals surface area contributed by atoms with E-state index in [1.54, 1.807) is 6.07 Å². The maximum atomic E-state index is 12.6. The van der Waals surface area contributed by atoms with Crippen LogP contribution in [0.25, 0.3) is 0 Å². The number of nitrogens with zero attached hydrogens (tertiary/aromatic N) is 1. The molecule has 0 aromatic heterocycles. The highest BCUT2D eigenvalue weighted by molar-refractivity contribution is 8.13. The molecule has 22 heavy (non-hydrogen) atoms. The molecule has 1 saturated heterocycles. The summed E-state index contributed by atoms with van der Waals surface area (Å²) < 4.78 is 37.8. The van der Waals surface area contributed by atoms with E-state index < -0.39 is 5.51 Å². The Morgan fingerprint density at radius 2 is 2.05 bits per heavy atom. The van der Waals surface area contributed by atoms with E-state index in [2.05, 4.69) is 0 Å². The molecule has 1 unspecified atom stereocenters. The number of thioether (sulfide) groups is 2. The number of carbonyl (C=O) groups is 2. The van der Waals surface area contributed by atoms with Gasteiger partial charge in [0.2, 0.25) is 5.91 Å². The molecule has 1 aliphatic heterocycles. The van der Waals surface area contributed by atoms with Crippen LogP contribution >= 0.6 is 23.5 Å². The molecule has 1 aromatic carbocycles. The van der Waals surface area contributed by atoms with Gasteiger partial charge in [0.25, 0.3) is 0 Å². The van der Waals surface area contributed by atoms with E-state index in [9.17, 15) is 22.8 Å². The smallest absolute Gasteiger partial charge is 0.311 e. The first-order valence-corrected chi connectivity index (χ1v) is 8.35. The van der Waals surface area contributed by atoms with Crippen LogP contribution in [0.1, 0.15) is 13.3 Å². The van der Waals surface area contributed by atoms with Crippen LogP contribution in [0.15, 0.2) is 29.2 Å². The second-order valence-corrected chi connectivity index (χ2v) is 7.20.